The van der Waals surface area contributed by atoms with Gasteiger partial charge in [-0.3, -0.25) is 0 Å². The summed E-state index contributed by atoms with van der Waals surface area (Å²) in [5.74, 6) is 0. The highest BCUT2D eigenvalue weighted by Gasteiger charge is 2.24. The van der Waals surface area contributed by atoms with Crippen LogP contribution in [0.2, 0.25) is 0 Å². The maximum atomic E-state index is 10.2. The lowest BCUT2D eigenvalue weighted by Crippen LogP contribution is -2.50. The maximum Gasteiger partial charge on any atom is 0.0555 e. The Labute approximate surface area is 120 Å². The number of aliphatic hydroxyl groups excluding tert-OH is 1. The third-order valence-corrected chi connectivity index (χ3v) is 4.42. The predicted octanol–water partition coefficient (Wildman–Crippen LogP) is 2.73. The molecule has 2 atom stereocenters. The van der Waals surface area contributed by atoms with Crippen LogP contribution in [-0.4, -0.2) is 60.8 Å². The minimum Gasteiger partial charge on any atom is -0.393 e. The first-order valence-corrected chi connectivity index (χ1v) is 8.20. The average Bonchev–Trinajstić information content (AvgIpc) is 2.38. The van der Waals surface area contributed by atoms with Crippen molar-refractivity contribution in [3.8, 4) is 0 Å². The number of aliphatic hydroxyl groups is 1. The van der Waals surface area contributed by atoms with Gasteiger partial charge in [0.15, 0.2) is 0 Å². The van der Waals surface area contributed by atoms with Gasteiger partial charge >= 0.3 is 0 Å². The van der Waals surface area contributed by atoms with Gasteiger partial charge in [-0.2, -0.15) is 0 Å². The Kier molecular flexibility index (Phi) is 8.67. The van der Waals surface area contributed by atoms with E-state index < -0.39 is 0 Å². The molecule has 0 bridgehead atoms. The molecule has 0 aromatic carbocycles. The topological polar surface area (TPSA) is 26.7 Å². The minimum atomic E-state index is -0.106. The summed E-state index contributed by atoms with van der Waals surface area (Å²) in [6, 6.07) is 0.536. The summed E-state index contributed by atoms with van der Waals surface area (Å²) in [6.45, 7) is 5.64. The molecule has 1 saturated heterocycles. The second-order valence-electron chi connectivity index (χ2n) is 6.34. The molecule has 0 aromatic rings. The lowest BCUT2D eigenvalue weighted by atomic mass is 10.00. The molecule has 114 valence electrons. The van der Waals surface area contributed by atoms with Gasteiger partial charge in [-0.1, -0.05) is 45.4 Å². The molecule has 0 radical (unpaired) electrons. The first-order valence-electron chi connectivity index (χ1n) is 8.20. The van der Waals surface area contributed by atoms with E-state index in [4.69, 9.17) is 0 Å². The van der Waals surface area contributed by atoms with E-state index in [0.717, 1.165) is 32.5 Å². The van der Waals surface area contributed by atoms with Gasteiger partial charge in [0.25, 0.3) is 0 Å². The maximum absolute atomic E-state index is 10.2. The third-order valence-electron chi connectivity index (χ3n) is 4.42. The number of hydrogen-bond donors (Lipinski definition) is 1. The van der Waals surface area contributed by atoms with Crippen LogP contribution in [0, 0.1) is 0 Å². The Hall–Kier alpha value is -0.120. The first kappa shape index (κ1) is 16.9. The average molecular weight is 270 g/mol. The van der Waals surface area contributed by atoms with Crippen LogP contribution in [0.5, 0.6) is 0 Å². The Morgan fingerprint density at radius 1 is 1.05 bits per heavy atom. The van der Waals surface area contributed by atoms with Crippen molar-refractivity contribution in [1.29, 1.82) is 0 Å². The van der Waals surface area contributed by atoms with Gasteiger partial charge in [-0.25, -0.2) is 0 Å². The standard InChI is InChI=1S/C16H34N2O/c1-4-5-6-7-8-9-10-16(19)13-15-14-17(2)11-12-18(15)3/h15-16,19H,4-14H2,1-3H3. The van der Waals surface area contributed by atoms with Crippen LogP contribution < -0.4 is 0 Å². The third kappa shape index (κ3) is 7.28. The van der Waals surface area contributed by atoms with E-state index in [9.17, 15) is 5.11 Å². The molecule has 1 aliphatic rings. The van der Waals surface area contributed by atoms with E-state index in [1.54, 1.807) is 0 Å². The number of likely N-dealkylation sites (N-methyl/N-ethyl adjacent to an activating group) is 2. The Balaban J connectivity index is 2.07. The molecule has 1 N–H and O–H groups in total. The number of unbranched alkanes of at least 4 members (excludes halogenated alkanes) is 5. The lowest BCUT2D eigenvalue weighted by Gasteiger charge is -2.38. The summed E-state index contributed by atoms with van der Waals surface area (Å²) in [5.41, 5.74) is 0. The molecule has 1 fully saturated rings. The van der Waals surface area contributed by atoms with Gasteiger partial charge in [-0.05, 0) is 26.9 Å². The second kappa shape index (κ2) is 9.73. The van der Waals surface area contributed by atoms with E-state index in [1.807, 2.05) is 0 Å². The molecule has 0 spiro atoms. The summed E-state index contributed by atoms with van der Waals surface area (Å²) in [7, 11) is 4.37. The molecule has 19 heavy (non-hydrogen) atoms. The van der Waals surface area contributed by atoms with Crippen LogP contribution in [0.25, 0.3) is 0 Å². The number of nitrogens with zero attached hydrogens (tertiary/aromatic N) is 2. The van der Waals surface area contributed by atoms with Gasteiger partial charge in [0.1, 0.15) is 0 Å². The second-order valence-corrected chi connectivity index (χ2v) is 6.34. The number of rotatable bonds is 9. The molecular weight excluding hydrogens is 236 g/mol. The van der Waals surface area contributed by atoms with Crippen molar-refractivity contribution in [2.24, 2.45) is 0 Å². The molecule has 3 nitrogen and oxygen atoms in total. The van der Waals surface area contributed by atoms with E-state index in [-0.39, 0.29) is 6.10 Å². The van der Waals surface area contributed by atoms with E-state index in [2.05, 4.69) is 30.8 Å². The smallest absolute Gasteiger partial charge is 0.0555 e. The molecule has 2 unspecified atom stereocenters. The molecule has 1 aliphatic heterocycles. The molecule has 1 heterocycles. The van der Waals surface area contributed by atoms with Crippen molar-refractivity contribution in [2.75, 3.05) is 33.7 Å². The zero-order valence-corrected chi connectivity index (χ0v) is 13.3. The van der Waals surface area contributed by atoms with Gasteiger partial charge in [0.05, 0.1) is 6.10 Å². The summed E-state index contributed by atoms with van der Waals surface area (Å²) >= 11 is 0. The Morgan fingerprint density at radius 2 is 1.74 bits per heavy atom. The van der Waals surface area contributed by atoms with Crippen molar-refractivity contribution in [3.05, 3.63) is 0 Å². The Bertz CT molecular complexity index is 223. The summed E-state index contributed by atoms with van der Waals surface area (Å²) in [5, 5.41) is 10.2. The van der Waals surface area contributed by atoms with Crippen molar-refractivity contribution in [1.82, 2.24) is 9.80 Å². The fourth-order valence-corrected chi connectivity index (χ4v) is 2.95. The number of piperazine rings is 1. The van der Waals surface area contributed by atoms with Crippen molar-refractivity contribution < 1.29 is 5.11 Å². The molecule has 0 aliphatic carbocycles. The van der Waals surface area contributed by atoms with E-state index in [0.29, 0.717) is 6.04 Å². The summed E-state index contributed by atoms with van der Waals surface area (Å²) < 4.78 is 0. The van der Waals surface area contributed by atoms with Crippen LogP contribution in [0.4, 0.5) is 0 Å². The van der Waals surface area contributed by atoms with Crippen LogP contribution in [0.15, 0.2) is 0 Å². The molecular formula is C16H34N2O. The zero-order valence-electron chi connectivity index (χ0n) is 13.3. The highest BCUT2D eigenvalue weighted by Crippen LogP contribution is 2.16. The van der Waals surface area contributed by atoms with Crippen LogP contribution in [0.3, 0.4) is 0 Å². The first-order chi connectivity index (χ1) is 9.13. The summed E-state index contributed by atoms with van der Waals surface area (Å²) in [4.78, 5) is 4.78. The van der Waals surface area contributed by atoms with E-state index >= 15 is 0 Å². The molecule has 1 rings (SSSR count). The highest BCUT2D eigenvalue weighted by molar-refractivity contribution is 4.80. The normalized spacial score (nSPS) is 23.7. The van der Waals surface area contributed by atoms with E-state index in [1.165, 1.54) is 38.5 Å². The van der Waals surface area contributed by atoms with Crippen molar-refractivity contribution in [3.63, 3.8) is 0 Å². The lowest BCUT2D eigenvalue weighted by molar-refractivity contribution is 0.0594. The van der Waals surface area contributed by atoms with Gasteiger partial charge < -0.3 is 14.9 Å². The fraction of sp³-hybridized carbons (Fsp3) is 1.00. The fourth-order valence-electron chi connectivity index (χ4n) is 2.95. The highest BCUT2D eigenvalue weighted by atomic mass is 16.3. The number of hydrogen-bond acceptors (Lipinski definition) is 3. The molecule has 3 heteroatoms. The molecule has 0 amide bonds. The van der Waals surface area contributed by atoms with Crippen molar-refractivity contribution >= 4 is 0 Å². The van der Waals surface area contributed by atoms with Crippen molar-refractivity contribution in [2.45, 2.75) is 70.4 Å². The molecule has 0 saturated carbocycles. The van der Waals surface area contributed by atoms with Gasteiger partial charge in [0.2, 0.25) is 0 Å². The largest absolute Gasteiger partial charge is 0.393 e. The Morgan fingerprint density at radius 3 is 2.47 bits per heavy atom. The monoisotopic (exact) mass is 270 g/mol. The summed E-state index contributed by atoms with van der Waals surface area (Å²) in [6.07, 6.45) is 9.68. The van der Waals surface area contributed by atoms with Gasteiger partial charge in [-0.15, -0.1) is 0 Å². The molecule has 0 aromatic heterocycles. The van der Waals surface area contributed by atoms with Crippen LogP contribution in [0.1, 0.15) is 58.3 Å². The van der Waals surface area contributed by atoms with Crippen LogP contribution in [-0.2, 0) is 0 Å². The minimum absolute atomic E-state index is 0.106. The SMILES string of the molecule is CCCCCCCCC(O)CC1CN(C)CCN1C. The van der Waals surface area contributed by atoms with Crippen LogP contribution >= 0.6 is 0 Å². The van der Waals surface area contributed by atoms with Gasteiger partial charge in [0, 0.05) is 25.7 Å². The predicted molar refractivity (Wildman–Crippen MR) is 82.5 cm³/mol. The zero-order chi connectivity index (χ0) is 14.1. The quantitative estimate of drug-likeness (QED) is 0.653.